The van der Waals surface area contributed by atoms with Gasteiger partial charge < -0.3 is 11.1 Å². The van der Waals surface area contributed by atoms with E-state index < -0.39 is 0 Å². The van der Waals surface area contributed by atoms with Gasteiger partial charge in [0.2, 0.25) is 0 Å². The van der Waals surface area contributed by atoms with Crippen molar-refractivity contribution in [3.63, 3.8) is 0 Å². The van der Waals surface area contributed by atoms with Crippen molar-refractivity contribution in [2.75, 3.05) is 18.8 Å². The van der Waals surface area contributed by atoms with Crippen LogP contribution < -0.4 is 11.1 Å². The monoisotopic (exact) mass is 187 g/mol. The number of fused-ring (bicyclic) bond motifs is 3. The van der Waals surface area contributed by atoms with Gasteiger partial charge >= 0.3 is 0 Å². The van der Waals surface area contributed by atoms with Crippen molar-refractivity contribution >= 4 is 17.1 Å². The van der Waals surface area contributed by atoms with Gasteiger partial charge in [-0.1, -0.05) is 6.07 Å². The first-order valence-corrected chi connectivity index (χ1v) is 5.03. The van der Waals surface area contributed by atoms with E-state index in [4.69, 9.17) is 5.73 Å². The molecule has 0 amide bonds. The Labute approximate surface area is 83.0 Å². The topological polar surface area (TPSA) is 50.4 Å². The maximum absolute atomic E-state index is 5.99. The van der Waals surface area contributed by atoms with Crippen LogP contribution in [-0.4, -0.2) is 18.8 Å². The highest BCUT2D eigenvalue weighted by molar-refractivity contribution is 6.01. The Morgan fingerprint density at radius 2 is 2.36 bits per heavy atom. The third-order valence-corrected chi connectivity index (χ3v) is 3.05. The molecule has 0 radical (unpaired) electrons. The van der Waals surface area contributed by atoms with E-state index in [0.29, 0.717) is 5.92 Å². The van der Waals surface area contributed by atoms with E-state index in [2.05, 4.69) is 16.4 Å². The van der Waals surface area contributed by atoms with Crippen molar-refractivity contribution in [3.8, 4) is 0 Å². The molecule has 1 aromatic carbocycles. The molecule has 3 rings (SSSR count). The van der Waals surface area contributed by atoms with E-state index in [1.807, 2.05) is 12.1 Å². The van der Waals surface area contributed by atoms with Crippen molar-refractivity contribution < 1.29 is 0 Å². The molecule has 0 saturated carbocycles. The van der Waals surface area contributed by atoms with Gasteiger partial charge in [-0.15, -0.1) is 0 Å². The lowest BCUT2D eigenvalue weighted by molar-refractivity contribution is 0.632. The van der Waals surface area contributed by atoms with Crippen LogP contribution in [0.4, 0.5) is 11.4 Å². The minimum Gasteiger partial charge on any atom is -0.398 e. The van der Waals surface area contributed by atoms with Crippen molar-refractivity contribution in [1.29, 1.82) is 0 Å². The van der Waals surface area contributed by atoms with Gasteiger partial charge in [0.15, 0.2) is 0 Å². The van der Waals surface area contributed by atoms with Gasteiger partial charge in [-0.25, -0.2) is 0 Å². The number of nitrogens with two attached hydrogens (primary N) is 1. The quantitative estimate of drug-likeness (QED) is 0.604. The smallest absolute Gasteiger partial charge is 0.0689 e. The number of anilines is 1. The van der Waals surface area contributed by atoms with Crippen LogP contribution in [-0.2, 0) is 0 Å². The van der Waals surface area contributed by atoms with Crippen molar-refractivity contribution in [3.05, 3.63) is 23.8 Å². The molecule has 1 aromatic rings. The Morgan fingerprint density at radius 3 is 3.29 bits per heavy atom. The summed E-state index contributed by atoms with van der Waals surface area (Å²) in [5.41, 5.74) is 10.5. The predicted octanol–water partition coefficient (Wildman–Crippen LogP) is 1.43. The summed E-state index contributed by atoms with van der Waals surface area (Å²) in [5.74, 6) is 0.479. The van der Waals surface area contributed by atoms with E-state index in [1.54, 1.807) is 0 Å². The molecule has 0 aromatic heterocycles. The molecule has 2 aliphatic heterocycles. The Bertz CT molecular complexity index is 409. The molecule has 14 heavy (non-hydrogen) atoms. The van der Waals surface area contributed by atoms with E-state index in [9.17, 15) is 0 Å². The van der Waals surface area contributed by atoms with Crippen molar-refractivity contribution in [1.82, 2.24) is 5.32 Å². The van der Waals surface area contributed by atoms with Gasteiger partial charge in [-0.3, -0.25) is 4.99 Å². The number of piperidine rings is 1. The first-order valence-electron chi connectivity index (χ1n) is 5.03. The second-order valence-corrected chi connectivity index (χ2v) is 3.90. The number of hydrogen-bond acceptors (Lipinski definition) is 3. The molecule has 2 aliphatic rings. The molecule has 3 N–H and O–H groups in total. The lowest BCUT2D eigenvalue weighted by atomic mass is 9.89. The van der Waals surface area contributed by atoms with Gasteiger partial charge in [0, 0.05) is 29.4 Å². The molecule has 0 aliphatic carbocycles. The Hall–Kier alpha value is -1.35. The summed E-state index contributed by atoms with van der Waals surface area (Å²) in [4.78, 5) is 4.61. The van der Waals surface area contributed by atoms with Crippen LogP contribution in [0.25, 0.3) is 0 Å². The average molecular weight is 187 g/mol. The summed E-state index contributed by atoms with van der Waals surface area (Å²) < 4.78 is 0. The van der Waals surface area contributed by atoms with Gasteiger partial charge in [-0.05, 0) is 25.1 Å². The second-order valence-electron chi connectivity index (χ2n) is 3.90. The number of aliphatic imine (C=N–C) groups is 1. The summed E-state index contributed by atoms with van der Waals surface area (Å²) in [6.07, 6.45) is 1.13. The lowest BCUT2D eigenvalue weighted by Gasteiger charge is -2.21. The highest BCUT2D eigenvalue weighted by Gasteiger charge is 2.30. The molecular weight excluding hydrogens is 174 g/mol. The molecule has 1 fully saturated rings. The fraction of sp³-hybridized carbons (Fsp3) is 0.364. The van der Waals surface area contributed by atoms with Crippen LogP contribution >= 0.6 is 0 Å². The minimum absolute atomic E-state index is 0.479. The van der Waals surface area contributed by atoms with Gasteiger partial charge in [0.25, 0.3) is 0 Å². The van der Waals surface area contributed by atoms with Crippen LogP contribution in [0.3, 0.4) is 0 Å². The van der Waals surface area contributed by atoms with E-state index >= 15 is 0 Å². The van der Waals surface area contributed by atoms with Gasteiger partial charge in [0.05, 0.1) is 5.69 Å². The van der Waals surface area contributed by atoms with Crippen molar-refractivity contribution in [2.45, 2.75) is 12.3 Å². The lowest BCUT2D eigenvalue weighted by Crippen LogP contribution is -2.34. The first kappa shape index (κ1) is 8.00. The molecule has 72 valence electrons. The summed E-state index contributed by atoms with van der Waals surface area (Å²) in [6.45, 7) is 1.98. The summed E-state index contributed by atoms with van der Waals surface area (Å²) in [7, 11) is 0. The summed E-state index contributed by atoms with van der Waals surface area (Å²) in [6, 6.07) is 6.00. The Morgan fingerprint density at radius 1 is 1.43 bits per heavy atom. The zero-order valence-electron chi connectivity index (χ0n) is 7.96. The fourth-order valence-corrected chi connectivity index (χ4v) is 2.38. The number of nitrogens with one attached hydrogen (secondary N) is 1. The van der Waals surface area contributed by atoms with E-state index in [-0.39, 0.29) is 0 Å². The zero-order valence-corrected chi connectivity index (χ0v) is 7.96. The van der Waals surface area contributed by atoms with E-state index in [0.717, 1.165) is 30.9 Å². The number of nitrogens with zero attached hydrogens (tertiary/aromatic N) is 1. The first-order chi connectivity index (χ1) is 6.86. The Balaban J connectivity index is 2.13. The molecule has 1 atom stereocenters. The van der Waals surface area contributed by atoms with Crippen LogP contribution in [0.1, 0.15) is 17.9 Å². The molecular formula is C11H13N3. The third kappa shape index (κ3) is 0.990. The van der Waals surface area contributed by atoms with Crippen LogP contribution in [0.5, 0.6) is 0 Å². The van der Waals surface area contributed by atoms with Gasteiger partial charge in [-0.2, -0.15) is 0 Å². The average Bonchev–Trinajstić information content (AvgIpc) is 2.57. The maximum atomic E-state index is 5.99. The Kier molecular flexibility index (Phi) is 1.61. The van der Waals surface area contributed by atoms with E-state index in [1.165, 1.54) is 11.3 Å². The SMILES string of the molecule is Nc1cccc2c1C1CCNCC1=N2. The molecule has 3 heteroatoms. The highest BCUT2D eigenvalue weighted by Crippen LogP contribution is 2.41. The molecule has 1 saturated heterocycles. The highest BCUT2D eigenvalue weighted by atomic mass is 14.9. The normalized spacial score (nSPS) is 24.0. The number of hydrogen-bond donors (Lipinski definition) is 2. The largest absolute Gasteiger partial charge is 0.398 e. The standard InChI is InChI=1S/C11H13N3/c12-8-2-1-3-9-11(8)7-4-5-13-6-10(7)14-9/h1-3,7,13H,4-6,12H2. The number of benzene rings is 1. The number of rotatable bonds is 0. The molecule has 2 heterocycles. The van der Waals surface area contributed by atoms with Crippen LogP contribution in [0, 0.1) is 0 Å². The molecule has 0 spiro atoms. The maximum Gasteiger partial charge on any atom is 0.0689 e. The van der Waals surface area contributed by atoms with Crippen LogP contribution in [0.15, 0.2) is 23.2 Å². The number of nitrogen functional groups attached to an aromatic ring is 1. The van der Waals surface area contributed by atoms with Crippen LogP contribution in [0.2, 0.25) is 0 Å². The second kappa shape index (κ2) is 2.82. The molecule has 0 bridgehead atoms. The van der Waals surface area contributed by atoms with Crippen molar-refractivity contribution in [2.24, 2.45) is 4.99 Å². The third-order valence-electron chi connectivity index (χ3n) is 3.05. The summed E-state index contributed by atoms with van der Waals surface area (Å²) in [5, 5.41) is 3.34. The molecule has 1 unspecified atom stereocenters. The molecule has 3 nitrogen and oxygen atoms in total. The van der Waals surface area contributed by atoms with Gasteiger partial charge in [0.1, 0.15) is 0 Å². The predicted molar refractivity (Wildman–Crippen MR) is 58.2 cm³/mol. The zero-order chi connectivity index (χ0) is 9.54. The summed E-state index contributed by atoms with van der Waals surface area (Å²) >= 11 is 0. The fourth-order valence-electron chi connectivity index (χ4n) is 2.38. The minimum atomic E-state index is 0.479.